The van der Waals surface area contributed by atoms with E-state index in [2.05, 4.69) is 18.5 Å². The summed E-state index contributed by atoms with van der Waals surface area (Å²) in [5.74, 6) is -0.473. The predicted molar refractivity (Wildman–Crippen MR) is 65.3 cm³/mol. The number of nitrogens with zero attached hydrogens (tertiary/aromatic N) is 1. The largest absolute Gasteiger partial charge is 0.364 e. The molecule has 1 rings (SSSR count). The molecule has 86 valence electrons. The Labute approximate surface area is 96.4 Å². The van der Waals surface area contributed by atoms with Gasteiger partial charge in [0.15, 0.2) is 0 Å². The molecule has 0 aliphatic rings. The van der Waals surface area contributed by atoms with E-state index in [9.17, 15) is 4.79 Å². The number of primary amides is 1. The van der Waals surface area contributed by atoms with Crippen LogP contribution in [0.4, 0.5) is 0 Å². The first-order valence-electron chi connectivity index (χ1n) is 5.47. The molecule has 0 saturated carbocycles. The van der Waals surface area contributed by atoms with Gasteiger partial charge >= 0.3 is 0 Å². The van der Waals surface area contributed by atoms with Gasteiger partial charge in [-0.25, -0.2) is 4.98 Å². The van der Waals surface area contributed by atoms with Gasteiger partial charge in [0.25, 0.3) is 5.91 Å². The Morgan fingerprint density at radius 1 is 1.50 bits per heavy atom. The fourth-order valence-corrected chi connectivity index (χ4v) is 1.61. The molecule has 0 aliphatic carbocycles. The summed E-state index contributed by atoms with van der Waals surface area (Å²) in [4.78, 5) is 15.3. The molecule has 1 amide bonds. The molecule has 0 aliphatic heterocycles. The van der Waals surface area contributed by atoms with Crippen LogP contribution in [0.25, 0.3) is 0 Å². The van der Waals surface area contributed by atoms with E-state index in [0.717, 1.165) is 36.1 Å². The molecule has 0 bridgehead atoms. The van der Waals surface area contributed by atoms with Gasteiger partial charge in [0, 0.05) is 5.69 Å². The van der Waals surface area contributed by atoms with Crippen LogP contribution in [0, 0.1) is 0 Å². The van der Waals surface area contributed by atoms with Crippen molar-refractivity contribution in [3.8, 4) is 0 Å². The van der Waals surface area contributed by atoms with Crippen LogP contribution in [-0.2, 0) is 12.8 Å². The highest BCUT2D eigenvalue weighted by molar-refractivity contribution is 5.90. The Bertz CT molecular complexity index is 410. The highest BCUT2D eigenvalue weighted by Gasteiger charge is 2.08. The highest BCUT2D eigenvalue weighted by atomic mass is 16.1. The third-order valence-electron chi connectivity index (χ3n) is 2.30. The van der Waals surface area contributed by atoms with Crippen LogP contribution < -0.4 is 5.73 Å². The average molecular weight is 218 g/mol. The lowest BCUT2D eigenvalue weighted by atomic mass is 10.0. The Kier molecular flexibility index (Phi) is 4.23. The number of aromatic nitrogens is 1. The summed E-state index contributed by atoms with van der Waals surface area (Å²) in [6, 6.07) is 3.60. The van der Waals surface area contributed by atoms with Gasteiger partial charge in [-0.1, -0.05) is 31.6 Å². The van der Waals surface area contributed by atoms with E-state index in [1.54, 1.807) is 6.07 Å². The van der Waals surface area contributed by atoms with Crippen molar-refractivity contribution in [2.24, 2.45) is 5.73 Å². The standard InChI is InChI=1S/C13H18N2O/c1-4-5-11-10(8-9(2)3)6-7-12(15-11)13(14)16/h6-7H,2,4-5,8H2,1,3H3,(H2,14,16). The molecule has 3 heteroatoms. The van der Waals surface area contributed by atoms with E-state index in [-0.39, 0.29) is 0 Å². The normalized spacial score (nSPS) is 10.1. The third kappa shape index (κ3) is 3.19. The highest BCUT2D eigenvalue weighted by Crippen LogP contribution is 2.14. The summed E-state index contributed by atoms with van der Waals surface area (Å²) in [5, 5.41) is 0. The first-order chi connectivity index (χ1) is 7.54. The lowest BCUT2D eigenvalue weighted by Crippen LogP contribution is -2.15. The maximum absolute atomic E-state index is 11.0. The number of amides is 1. The maximum atomic E-state index is 11.0. The van der Waals surface area contributed by atoms with Gasteiger partial charge < -0.3 is 5.73 Å². The van der Waals surface area contributed by atoms with Gasteiger partial charge in [0.1, 0.15) is 5.69 Å². The fraction of sp³-hybridized carbons (Fsp3) is 0.385. The van der Waals surface area contributed by atoms with Gasteiger partial charge in [-0.3, -0.25) is 4.79 Å². The second-order valence-corrected chi connectivity index (χ2v) is 4.05. The SMILES string of the molecule is C=C(C)Cc1ccc(C(N)=O)nc1CCC. The zero-order valence-electron chi connectivity index (χ0n) is 9.92. The molecule has 1 aromatic heterocycles. The molecule has 0 aromatic carbocycles. The van der Waals surface area contributed by atoms with Crippen molar-refractivity contribution < 1.29 is 4.79 Å². The van der Waals surface area contributed by atoms with Gasteiger partial charge in [0.05, 0.1) is 0 Å². The average Bonchev–Trinajstić information content (AvgIpc) is 2.20. The molecule has 16 heavy (non-hydrogen) atoms. The molecule has 0 fully saturated rings. The van der Waals surface area contributed by atoms with Crippen LogP contribution in [0.5, 0.6) is 0 Å². The molecule has 0 radical (unpaired) electrons. The number of pyridine rings is 1. The topological polar surface area (TPSA) is 56.0 Å². The summed E-state index contributed by atoms with van der Waals surface area (Å²) in [6.45, 7) is 7.96. The number of aryl methyl sites for hydroxylation is 1. The van der Waals surface area contributed by atoms with Crippen LogP contribution >= 0.6 is 0 Å². The molecule has 0 unspecified atom stereocenters. The summed E-state index contributed by atoms with van der Waals surface area (Å²) >= 11 is 0. The minimum Gasteiger partial charge on any atom is -0.364 e. The zero-order valence-corrected chi connectivity index (χ0v) is 9.92. The Balaban J connectivity index is 3.08. The lowest BCUT2D eigenvalue weighted by molar-refractivity contribution is 0.0995. The summed E-state index contributed by atoms with van der Waals surface area (Å²) in [7, 11) is 0. The molecule has 0 atom stereocenters. The molecule has 1 heterocycles. The van der Waals surface area contributed by atoms with Crippen molar-refractivity contribution in [2.45, 2.75) is 33.1 Å². The molecule has 2 N–H and O–H groups in total. The number of carbonyl (C=O) groups is 1. The summed E-state index contributed by atoms with van der Waals surface area (Å²) in [6.07, 6.45) is 2.67. The number of carbonyl (C=O) groups excluding carboxylic acids is 1. The van der Waals surface area contributed by atoms with E-state index in [0.29, 0.717) is 5.69 Å². The first-order valence-corrected chi connectivity index (χ1v) is 5.47. The van der Waals surface area contributed by atoms with E-state index >= 15 is 0 Å². The molecular weight excluding hydrogens is 200 g/mol. The second kappa shape index (κ2) is 5.45. The van der Waals surface area contributed by atoms with Crippen molar-refractivity contribution in [3.63, 3.8) is 0 Å². The summed E-state index contributed by atoms with van der Waals surface area (Å²) < 4.78 is 0. The van der Waals surface area contributed by atoms with Crippen molar-refractivity contribution in [1.82, 2.24) is 4.98 Å². The van der Waals surface area contributed by atoms with Crippen LogP contribution in [0.2, 0.25) is 0 Å². The first kappa shape index (κ1) is 12.4. The van der Waals surface area contributed by atoms with E-state index in [1.807, 2.05) is 13.0 Å². The Morgan fingerprint density at radius 3 is 2.69 bits per heavy atom. The van der Waals surface area contributed by atoms with Crippen LogP contribution in [0.1, 0.15) is 42.0 Å². The smallest absolute Gasteiger partial charge is 0.267 e. The van der Waals surface area contributed by atoms with Crippen LogP contribution in [0.3, 0.4) is 0 Å². The van der Waals surface area contributed by atoms with E-state index in [1.165, 1.54) is 0 Å². The fourth-order valence-electron chi connectivity index (χ4n) is 1.61. The van der Waals surface area contributed by atoms with Crippen LogP contribution in [-0.4, -0.2) is 10.9 Å². The van der Waals surface area contributed by atoms with Crippen molar-refractivity contribution in [2.75, 3.05) is 0 Å². The zero-order chi connectivity index (χ0) is 12.1. The molecule has 0 saturated heterocycles. The van der Waals surface area contributed by atoms with Crippen LogP contribution in [0.15, 0.2) is 24.3 Å². The number of hydrogen-bond acceptors (Lipinski definition) is 2. The Morgan fingerprint density at radius 2 is 2.19 bits per heavy atom. The molecular formula is C13H18N2O. The molecule has 0 spiro atoms. The Hall–Kier alpha value is -1.64. The van der Waals surface area contributed by atoms with Crippen molar-refractivity contribution in [3.05, 3.63) is 41.2 Å². The van der Waals surface area contributed by atoms with Gasteiger partial charge in [-0.2, -0.15) is 0 Å². The predicted octanol–water partition coefficient (Wildman–Crippen LogP) is 2.25. The quantitative estimate of drug-likeness (QED) is 0.771. The van der Waals surface area contributed by atoms with Crippen molar-refractivity contribution >= 4 is 5.91 Å². The second-order valence-electron chi connectivity index (χ2n) is 4.05. The number of rotatable bonds is 5. The maximum Gasteiger partial charge on any atom is 0.267 e. The monoisotopic (exact) mass is 218 g/mol. The lowest BCUT2D eigenvalue weighted by Gasteiger charge is -2.09. The molecule has 3 nitrogen and oxygen atoms in total. The van der Waals surface area contributed by atoms with E-state index < -0.39 is 5.91 Å². The third-order valence-corrected chi connectivity index (χ3v) is 2.30. The number of nitrogens with two attached hydrogens (primary N) is 1. The number of allylic oxidation sites excluding steroid dienone is 1. The van der Waals surface area contributed by atoms with Crippen molar-refractivity contribution in [1.29, 1.82) is 0 Å². The summed E-state index contributed by atoms with van der Waals surface area (Å²) in [5.41, 5.74) is 8.74. The molecule has 1 aromatic rings. The van der Waals surface area contributed by atoms with Gasteiger partial charge in [-0.15, -0.1) is 0 Å². The number of hydrogen-bond donors (Lipinski definition) is 1. The van der Waals surface area contributed by atoms with Gasteiger partial charge in [0.2, 0.25) is 0 Å². The van der Waals surface area contributed by atoms with E-state index in [4.69, 9.17) is 5.73 Å². The van der Waals surface area contributed by atoms with Gasteiger partial charge in [-0.05, 0) is 31.4 Å². The minimum absolute atomic E-state index is 0.342. The minimum atomic E-state index is -0.473.